The van der Waals surface area contributed by atoms with E-state index in [9.17, 15) is 59.9 Å². The van der Waals surface area contributed by atoms with Crippen LogP contribution in [0.2, 0.25) is 5.02 Å². The molecule has 2 aromatic rings. The van der Waals surface area contributed by atoms with E-state index in [1.54, 1.807) is 37.0 Å². The molecular weight excluding hydrogens is 970 g/mol. The predicted octanol–water partition coefficient (Wildman–Crippen LogP) is 5.29. The lowest BCUT2D eigenvalue weighted by Gasteiger charge is -2.48. The van der Waals surface area contributed by atoms with Gasteiger partial charge in [0.15, 0.2) is 5.41 Å². The molecule has 7 amide bonds. The third-order valence-corrected chi connectivity index (χ3v) is 15.4. The fourth-order valence-corrected chi connectivity index (χ4v) is 10.9. The molecule has 70 heavy (non-hydrogen) atoms. The van der Waals surface area contributed by atoms with E-state index in [0.717, 1.165) is 15.3 Å². The van der Waals surface area contributed by atoms with E-state index < -0.39 is 127 Å². The summed E-state index contributed by atoms with van der Waals surface area (Å²) in [5, 5.41) is 8.71. The molecule has 1 aromatic heterocycles. The molecule has 384 valence electrons. The molecule has 0 radical (unpaired) electrons. The molecule has 2 aliphatic heterocycles. The Hall–Kier alpha value is -4.99. The van der Waals surface area contributed by atoms with Crippen molar-refractivity contribution in [3.63, 3.8) is 0 Å². The molecule has 3 aliphatic carbocycles. The third-order valence-electron chi connectivity index (χ3n) is 14.4. The summed E-state index contributed by atoms with van der Waals surface area (Å²) < 4.78 is 85.5. The number of nitrogens with zero attached hydrogens (tertiary/aromatic N) is 5. The number of halogens is 7. The SMILES string of the molecule is CC(C)C[C@@H]1NC(=O)[C@@H](N(C)C(=O)[C@@H](NC(=O)[C@@H]2C[C@@H](F)CN2C(=O)C2(C(F)(F)F)CC(F)(F)C2)C2CC2)CCCCN(C)C(=O)C2(CC2)NC(=O)[C@H](Cc2cc(Cl)ccc2-c2cncs2)N(C)C1=O. The maximum atomic E-state index is 14.9. The van der Waals surface area contributed by atoms with Gasteiger partial charge in [0, 0.05) is 64.6 Å². The smallest absolute Gasteiger partial charge is 0.344 e. The molecule has 0 unspecified atom stereocenters. The number of likely N-dealkylation sites (tertiary alicyclic amines) is 1. The normalized spacial score (nSPS) is 26.6. The Morgan fingerprint density at radius 1 is 1.03 bits per heavy atom. The largest absolute Gasteiger partial charge is 0.403 e. The molecule has 0 bridgehead atoms. The van der Waals surface area contributed by atoms with Crippen LogP contribution >= 0.6 is 22.9 Å². The minimum Gasteiger partial charge on any atom is -0.344 e. The summed E-state index contributed by atoms with van der Waals surface area (Å²) in [5.74, 6) is -10.6. The van der Waals surface area contributed by atoms with Crippen molar-refractivity contribution >= 4 is 64.3 Å². The first kappa shape index (κ1) is 52.8. The summed E-state index contributed by atoms with van der Waals surface area (Å²) in [5.41, 5.74) is -1.72. The maximum Gasteiger partial charge on any atom is 0.403 e. The minimum atomic E-state index is -5.42. The van der Waals surface area contributed by atoms with E-state index >= 15 is 0 Å². The van der Waals surface area contributed by atoms with Gasteiger partial charge in [-0.15, -0.1) is 11.3 Å². The van der Waals surface area contributed by atoms with Crippen LogP contribution in [0.1, 0.15) is 90.0 Å². The van der Waals surface area contributed by atoms with Crippen molar-refractivity contribution in [2.45, 2.75) is 145 Å². The lowest BCUT2D eigenvalue weighted by molar-refractivity contribution is -0.299. The topological polar surface area (TPSA) is 181 Å². The summed E-state index contributed by atoms with van der Waals surface area (Å²) in [7, 11) is 4.35. The highest BCUT2D eigenvalue weighted by atomic mass is 35.5. The minimum absolute atomic E-state index is 0.0120. The van der Waals surface area contributed by atoms with Gasteiger partial charge in [-0.05, 0) is 86.5 Å². The number of aromatic nitrogens is 1. The maximum absolute atomic E-state index is 14.9. The van der Waals surface area contributed by atoms with E-state index in [4.69, 9.17) is 11.6 Å². The van der Waals surface area contributed by atoms with Crippen LogP contribution in [0.5, 0.6) is 0 Å². The first-order chi connectivity index (χ1) is 32.8. The Morgan fingerprint density at radius 3 is 2.30 bits per heavy atom. The Balaban J connectivity index is 1.16. The molecule has 6 atom stereocenters. The summed E-state index contributed by atoms with van der Waals surface area (Å²) in [6.45, 7) is 2.93. The number of hydrogen-bond donors (Lipinski definition) is 3. The van der Waals surface area contributed by atoms with Crippen LogP contribution in [0.25, 0.3) is 10.4 Å². The Morgan fingerprint density at radius 2 is 1.71 bits per heavy atom. The fourth-order valence-electron chi connectivity index (χ4n) is 10.1. The Kier molecular flexibility index (Phi) is 15.3. The van der Waals surface area contributed by atoms with E-state index in [2.05, 4.69) is 20.9 Å². The predicted molar refractivity (Wildman–Crippen MR) is 245 cm³/mol. The first-order valence-electron chi connectivity index (χ1n) is 23.6. The molecule has 5 fully saturated rings. The number of alkyl halides is 6. The lowest BCUT2D eigenvalue weighted by Crippen LogP contribution is -2.65. The summed E-state index contributed by atoms with van der Waals surface area (Å²) in [6, 6.07) is -1.80. The molecule has 1 spiro atoms. The Bertz CT molecular complexity index is 2340. The van der Waals surface area contributed by atoms with Crippen LogP contribution < -0.4 is 16.0 Å². The number of thiazole rings is 1. The molecule has 1 aromatic carbocycles. The van der Waals surface area contributed by atoms with Crippen LogP contribution in [0.3, 0.4) is 0 Å². The van der Waals surface area contributed by atoms with Crippen molar-refractivity contribution in [2.75, 3.05) is 34.2 Å². The fraction of sp³-hybridized carbons (Fsp3) is 0.660. The van der Waals surface area contributed by atoms with Crippen molar-refractivity contribution in [3.8, 4) is 10.4 Å². The average molecular weight is 1030 g/mol. The van der Waals surface area contributed by atoms with Crippen LogP contribution in [0, 0.1) is 17.3 Å². The molecule has 7 rings (SSSR count). The highest BCUT2D eigenvalue weighted by Crippen LogP contribution is 2.61. The molecule has 3 saturated carbocycles. The molecule has 2 saturated heterocycles. The van der Waals surface area contributed by atoms with Crippen LogP contribution in [0.15, 0.2) is 29.9 Å². The number of hydrogen-bond acceptors (Lipinski definition) is 9. The van der Waals surface area contributed by atoms with Gasteiger partial charge in [0.1, 0.15) is 41.9 Å². The number of amides is 7. The molecule has 3 heterocycles. The molecule has 15 nitrogen and oxygen atoms in total. The first-order valence-corrected chi connectivity index (χ1v) is 24.8. The van der Waals surface area contributed by atoms with Crippen molar-refractivity contribution in [1.82, 2.24) is 40.5 Å². The van der Waals surface area contributed by atoms with E-state index in [0.29, 0.717) is 47.6 Å². The lowest BCUT2D eigenvalue weighted by atomic mass is 9.64. The third kappa shape index (κ3) is 11.1. The number of nitrogens with one attached hydrogen (secondary N) is 3. The summed E-state index contributed by atoms with van der Waals surface area (Å²) in [6.07, 6.45) is -7.88. The quantitative estimate of drug-likeness (QED) is 0.254. The second-order valence-corrected chi connectivity index (χ2v) is 21.5. The molecular formula is C47H59ClF6N8O7S. The monoisotopic (exact) mass is 1030 g/mol. The zero-order valence-electron chi connectivity index (χ0n) is 39.6. The second-order valence-electron chi connectivity index (χ2n) is 20.2. The van der Waals surface area contributed by atoms with Crippen molar-refractivity contribution in [1.29, 1.82) is 0 Å². The molecule has 5 aliphatic rings. The number of benzene rings is 1. The molecule has 23 heteroatoms. The number of rotatable bonds is 11. The van der Waals surface area contributed by atoms with E-state index in [-0.39, 0.29) is 44.1 Å². The van der Waals surface area contributed by atoms with Gasteiger partial charge in [-0.2, -0.15) is 13.2 Å². The van der Waals surface area contributed by atoms with Gasteiger partial charge in [0.25, 0.3) is 5.92 Å². The van der Waals surface area contributed by atoms with Crippen molar-refractivity contribution in [3.05, 3.63) is 40.5 Å². The number of carbonyl (C=O) groups excluding carboxylic acids is 7. The van der Waals surface area contributed by atoms with Crippen molar-refractivity contribution in [2.24, 2.45) is 17.3 Å². The highest BCUT2D eigenvalue weighted by Gasteiger charge is 2.75. The number of likely N-dealkylation sites (N-methyl/N-ethyl adjacent to an activating group) is 3. The zero-order valence-corrected chi connectivity index (χ0v) is 41.1. The van der Waals surface area contributed by atoms with E-state index in [1.165, 1.54) is 35.2 Å². The van der Waals surface area contributed by atoms with Gasteiger partial charge >= 0.3 is 6.18 Å². The zero-order chi connectivity index (χ0) is 51.2. The van der Waals surface area contributed by atoms with Gasteiger partial charge in [0.05, 0.1) is 16.9 Å². The standard InChI is InChI=1S/C47H59ClF6N8O7S/c1-25(2)16-31-40(66)61(5)33(18-27-17-28(48)11-12-30(27)35-20-55-24-70-35)39(65)58-45(13-14-45)43(69)59(3)15-7-6-8-32(37(63)56-31)60(4)41(67)36(26-9-10-26)57-38(64)34-19-29(49)21-62(34)42(68)44(47(52,53)54)22-46(50,51)23-44/h11-12,17,20,24-26,29,31-34,36H,6-10,13-16,18-19,21-23H2,1-5H3,(H,56,63)(H,57,64)(H,58,65)/t29-,31+,32+,33+,34+,36+/m1/s1. The van der Waals surface area contributed by atoms with Gasteiger partial charge < -0.3 is 35.6 Å². The van der Waals surface area contributed by atoms with Crippen LogP contribution in [0.4, 0.5) is 26.3 Å². The van der Waals surface area contributed by atoms with Gasteiger partial charge in [-0.3, -0.25) is 38.5 Å². The van der Waals surface area contributed by atoms with Crippen LogP contribution in [-0.2, 0) is 40.0 Å². The van der Waals surface area contributed by atoms with Gasteiger partial charge in [-0.1, -0.05) is 31.5 Å². The van der Waals surface area contributed by atoms with Gasteiger partial charge in [-0.25, -0.2) is 13.2 Å². The number of carbonyl (C=O) groups is 7. The summed E-state index contributed by atoms with van der Waals surface area (Å²) >= 11 is 7.86. The van der Waals surface area contributed by atoms with Gasteiger partial charge in [0.2, 0.25) is 41.4 Å². The van der Waals surface area contributed by atoms with E-state index in [1.807, 2.05) is 13.8 Å². The second kappa shape index (κ2) is 20.3. The highest BCUT2D eigenvalue weighted by molar-refractivity contribution is 7.13. The summed E-state index contributed by atoms with van der Waals surface area (Å²) in [4.78, 5) is 109. The van der Waals surface area contributed by atoms with Crippen molar-refractivity contribution < 1.29 is 59.9 Å². The average Bonchev–Trinajstić information content (AvgIpc) is 4.18. The molecule has 3 N–H and O–H groups in total. The Labute approximate surface area is 410 Å². The van der Waals surface area contributed by atoms with Crippen LogP contribution in [-0.4, -0.2) is 154 Å².